The van der Waals surface area contributed by atoms with Crippen molar-refractivity contribution < 1.29 is 13.5 Å². The monoisotopic (exact) mass is 344 g/mol. The van der Waals surface area contributed by atoms with E-state index in [4.69, 9.17) is 4.74 Å². The lowest BCUT2D eigenvalue weighted by atomic mass is 10.3. The summed E-state index contributed by atoms with van der Waals surface area (Å²) in [6, 6.07) is 2.14. The Morgan fingerprint density at radius 3 is 1.60 bits per heavy atom. The van der Waals surface area contributed by atoms with Crippen molar-refractivity contribution in [1.29, 1.82) is 0 Å². The Labute approximate surface area is 105 Å². The maximum atomic E-state index is 12.5. The van der Waals surface area contributed by atoms with E-state index in [1.54, 1.807) is 0 Å². The second-order valence-corrected chi connectivity index (χ2v) is 4.17. The van der Waals surface area contributed by atoms with Crippen molar-refractivity contribution in [3.8, 4) is 0 Å². The molecule has 0 fully saturated rings. The summed E-state index contributed by atoms with van der Waals surface area (Å²) in [6.07, 6.45) is 0. The van der Waals surface area contributed by atoms with Crippen molar-refractivity contribution in [1.82, 2.24) is 0 Å². The van der Waals surface area contributed by atoms with Gasteiger partial charge in [0.15, 0.2) is 0 Å². The molecule has 0 heterocycles. The molecule has 0 aromatic heterocycles. The quantitative estimate of drug-likeness (QED) is 0.715. The third kappa shape index (κ3) is 6.22. The van der Waals surface area contributed by atoms with E-state index >= 15 is 0 Å². The molecule has 0 unspecified atom stereocenters. The molecule has 0 amide bonds. The zero-order chi connectivity index (χ0) is 11.8. The Morgan fingerprint density at radius 1 is 1.00 bits per heavy atom. The van der Waals surface area contributed by atoms with Gasteiger partial charge in [-0.15, -0.1) is 0 Å². The summed E-state index contributed by atoms with van der Waals surface area (Å²) >= 11 is 5.82. The first-order valence-corrected chi connectivity index (χ1v) is 5.99. The van der Waals surface area contributed by atoms with Crippen molar-refractivity contribution in [3.05, 3.63) is 32.7 Å². The van der Waals surface area contributed by atoms with Gasteiger partial charge in [0.2, 0.25) is 0 Å². The summed E-state index contributed by atoms with van der Waals surface area (Å²) in [5.74, 6) is -1.19. The third-order valence-corrected chi connectivity index (χ3v) is 2.59. The van der Waals surface area contributed by atoms with Gasteiger partial charge in [0, 0.05) is 19.3 Å². The Morgan fingerprint density at radius 2 is 1.40 bits per heavy atom. The maximum Gasteiger partial charge on any atom is 0.140 e. The Kier molecular flexibility index (Phi) is 8.19. The van der Waals surface area contributed by atoms with E-state index in [0.29, 0.717) is 0 Å². The highest BCUT2D eigenvalue weighted by Gasteiger charge is 2.04. The molecule has 0 saturated carbocycles. The van der Waals surface area contributed by atoms with Gasteiger partial charge in [-0.3, -0.25) is 0 Å². The summed E-state index contributed by atoms with van der Waals surface area (Å²) in [5, 5.41) is 0. The lowest BCUT2D eigenvalue weighted by molar-refractivity contribution is 0.162. The molecule has 0 aliphatic carbocycles. The fraction of sp³-hybridized carbons (Fsp3) is 0.400. The minimum Gasteiger partial charge on any atom is -0.382 e. The number of halogens is 4. The predicted octanol–water partition coefficient (Wildman–Crippen LogP) is 4.53. The number of rotatable bonds is 2. The molecule has 1 nitrogen and oxygen atoms in total. The molecule has 0 saturated heterocycles. The van der Waals surface area contributed by atoms with Crippen LogP contribution < -0.4 is 0 Å². The van der Waals surface area contributed by atoms with E-state index in [-0.39, 0.29) is 8.95 Å². The van der Waals surface area contributed by atoms with E-state index in [1.807, 2.05) is 13.8 Å². The smallest absolute Gasteiger partial charge is 0.140 e. The molecular formula is C10H12Br2F2O. The summed E-state index contributed by atoms with van der Waals surface area (Å²) in [5.41, 5.74) is 0. The zero-order valence-electron chi connectivity index (χ0n) is 8.49. The van der Waals surface area contributed by atoms with E-state index in [0.717, 1.165) is 19.3 Å². The van der Waals surface area contributed by atoms with Crippen LogP contribution in [0.5, 0.6) is 0 Å². The van der Waals surface area contributed by atoms with E-state index in [2.05, 4.69) is 31.9 Å². The zero-order valence-corrected chi connectivity index (χ0v) is 11.7. The normalized spacial score (nSPS) is 9.47. The largest absolute Gasteiger partial charge is 0.382 e. The van der Waals surface area contributed by atoms with Crippen LogP contribution >= 0.6 is 31.9 Å². The fourth-order valence-electron chi connectivity index (χ4n) is 0.702. The fourth-order valence-corrected chi connectivity index (χ4v) is 1.70. The van der Waals surface area contributed by atoms with Crippen molar-refractivity contribution in [2.75, 3.05) is 13.2 Å². The summed E-state index contributed by atoms with van der Waals surface area (Å²) < 4.78 is 30.2. The lowest BCUT2D eigenvalue weighted by Crippen LogP contribution is -1.84. The molecule has 0 radical (unpaired) electrons. The van der Waals surface area contributed by atoms with Gasteiger partial charge in [0.1, 0.15) is 11.6 Å². The third-order valence-electron chi connectivity index (χ3n) is 1.37. The van der Waals surface area contributed by atoms with Gasteiger partial charge < -0.3 is 4.74 Å². The first-order valence-electron chi connectivity index (χ1n) is 4.40. The van der Waals surface area contributed by atoms with Crippen LogP contribution in [0.15, 0.2) is 21.1 Å². The molecule has 1 aromatic rings. The van der Waals surface area contributed by atoms with Crippen molar-refractivity contribution in [2.24, 2.45) is 0 Å². The van der Waals surface area contributed by atoms with Crippen LogP contribution in [0.1, 0.15) is 13.8 Å². The number of hydrogen-bond acceptors (Lipinski definition) is 1. The van der Waals surface area contributed by atoms with Crippen LogP contribution in [-0.2, 0) is 4.74 Å². The molecule has 1 aromatic carbocycles. The van der Waals surface area contributed by atoms with Crippen molar-refractivity contribution in [3.63, 3.8) is 0 Å². The first kappa shape index (κ1) is 15.0. The van der Waals surface area contributed by atoms with Gasteiger partial charge in [0.25, 0.3) is 0 Å². The summed E-state index contributed by atoms with van der Waals surface area (Å²) in [6.45, 7) is 5.67. The van der Waals surface area contributed by atoms with Gasteiger partial charge in [-0.25, -0.2) is 8.78 Å². The molecule has 86 valence electrons. The molecule has 0 aliphatic rings. The molecular weight excluding hydrogens is 334 g/mol. The number of ether oxygens (including phenoxy) is 1. The number of hydrogen-bond donors (Lipinski definition) is 0. The lowest BCUT2D eigenvalue weighted by Gasteiger charge is -1.95. The first-order chi connectivity index (χ1) is 7.02. The molecule has 0 N–H and O–H groups in total. The van der Waals surface area contributed by atoms with Crippen LogP contribution in [-0.4, -0.2) is 13.2 Å². The Balaban J connectivity index is 0.000000336. The molecule has 1 rings (SSSR count). The highest BCUT2D eigenvalue weighted by Crippen LogP contribution is 2.23. The van der Waals surface area contributed by atoms with Gasteiger partial charge in [-0.1, -0.05) is 0 Å². The summed E-state index contributed by atoms with van der Waals surface area (Å²) in [7, 11) is 0. The number of benzene rings is 1. The van der Waals surface area contributed by atoms with Gasteiger partial charge >= 0.3 is 0 Å². The second-order valence-electron chi connectivity index (χ2n) is 2.46. The van der Waals surface area contributed by atoms with E-state index < -0.39 is 11.6 Å². The van der Waals surface area contributed by atoms with E-state index in [1.165, 1.54) is 6.07 Å². The van der Waals surface area contributed by atoms with Crippen LogP contribution in [0.3, 0.4) is 0 Å². The average Bonchev–Trinajstić information content (AvgIpc) is 2.17. The van der Waals surface area contributed by atoms with E-state index in [9.17, 15) is 8.78 Å². The summed E-state index contributed by atoms with van der Waals surface area (Å²) in [4.78, 5) is 0. The van der Waals surface area contributed by atoms with Crippen LogP contribution in [0.2, 0.25) is 0 Å². The predicted molar refractivity (Wildman–Crippen MR) is 63.9 cm³/mol. The van der Waals surface area contributed by atoms with Gasteiger partial charge in [0.05, 0.1) is 8.95 Å². The molecule has 15 heavy (non-hydrogen) atoms. The van der Waals surface area contributed by atoms with Crippen LogP contribution in [0, 0.1) is 11.6 Å². The molecule has 0 bridgehead atoms. The topological polar surface area (TPSA) is 9.23 Å². The standard InChI is InChI=1S/C6H2Br2F2.C4H10O/c7-3-1-4(8)6(10)2-5(3)9;1-3-5-4-2/h1-2H;3-4H2,1-2H3. The Bertz CT molecular complexity index is 253. The second kappa shape index (κ2) is 8.19. The van der Waals surface area contributed by atoms with Crippen LogP contribution in [0.25, 0.3) is 0 Å². The SMILES string of the molecule is CCOCC.Fc1cc(F)c(Br)cc1Br. The highest BCUT2D eigenvalue weighted by atomic mass is 79.9. The molecule has 0 atom stereocenters. The average molecular weight is 346 g/mol. The van der Waals surface area contributed by atoms with Gasteiger partial charge in [-0.2, -0.15) is 0 Å². The molecule has 5 heteroatoms. The minimum absolute atomic E-state index is 0.251. The van der Waals surface area contributed by atoms with Gasteiger partial charge in [-0.05, 0) is 51.8 Å². The molecule has 0 spiro atoms. The van der Waals surface area contributed by atoms with Crippen molar-refractivity contribution >= 4 is 31.9 Å². The Hall–Kier alpha value is -0.000000000000000111. The molecule has 0 aliphatic heterocycles. The highest BCUT2D eigenvalue weighted by molar-refractivity contribution is 9.11. The maximum absolute atomic E-state index is 12.5. The van der Waals surface area contributed by atoms with Crippen molar-refractivity contribution in [2.45, 2.75) is 13.8 Å². The minimum atomic E-state index is -0.597. The van der Waals surface area contributed by atoms with Crippen LogP contribution in [0.4, 0.5) is 8.78 Å².